The first-order valence-corrected chi connectivity index (χ1v) is 10.6. The Labute approximate surface area is 164 Å². The van der Waals surface area contributed by atoms with Gasteiger partial charge in [0.1, 0.15) is 5.82 Å². The van der Waals surface area contributed by atoms with Gasteiger partial charge < -0.3 is 14.4 Å². The molecule has 1 aliphatic heterocycles. The molecule has 0 N–H and O–H groups in total. The second-order valence-electron chi connectivity index (χ2n) is 9.00. The predicted octanol–water partition coefficient (Wildman–Crippen LogP) is 3.66. The van der Waals surface area contributed by atoms with E-state index in [1.807, 2.05) is 6.92 Å². The number of hydrogen-bond acceptors (Lipinski definition) is 6. The van der Waals surface area contributed by atoms with Crippen molar-refractivity contribution >= 4 is 28.1 Å². The molecule has 2 aliphatic rings. The van der Waals surface area contributed by atoms with Gasteiger partial charge in [-0.3, -0.25) is 4.40 Å². The zero-order valence-corrected chi connectivity index (χ0v) is 17.7. The Bertz CT molecular complexity index is 875. The number of carbonyl (C=O) groups excluding carboxylic acids is 1. The fraction of sp³-hybridized carbons (Fsp3) is 0.700. The number of anilines is 1. The van der Waals surface area contributed by atoms with Gasteiger partial charge in [-0.2, -0.15) is 0 Å². The van der Waals surface area contributed by atoms with Gasteiger partial charge in [0, 0.05) is 29.1 Å². The Hall–Kier alpha value is -1.60. The first-order chi connectivity index (χ1) is 12.7. The van der Waals surface area contributed by atoms with E-state index >= 15 is 0 Å². The molecule has 0 atom stereocenters. The van der Waals surface area contributed by atoms with Crippen LogP contribution in [0.25, 0.3) is 4.96 Å². The van der Waals surface area contributed by atoms with Gasteiger partial charge in [0.2, 0.25) is 0 Å². The third kappa shape index (κ3) is 3.14. The zero-order chi connectivity index (χ0) is 19.4. The highest BCUT2D eigenvalue weighted by atomic mass is 32.1. The molecule has 0 unspecified atom stereocenters. The highest BCUT2D eigenvalue weighted by Crippen LogP contribution is 2.50. The van der Waals surface area contributed by atoms with Crippen LogP contribution >= 0.6 is 11.3 Å². The quantitative estimate of drug-likeness (QED) is 0.748. The SMILES string of the molecule is CCOC(=O)c1nc2sc3c(n2c1N1CCOCC1)CC(C)(C)CC3(C)C. The van der Waals surface area contributed by atoms with Crippen molar-refractivity contribution in [1.29, 1.82) is 0 Å². The van der Waals surface area contributed by atoms with Crippen molar-refractivity contribution in [2.45, 2.75) is 52.9 Å². The molecule has 4 rings (SSSR count). The lowest BCUT2D eigenvalue weighted by atomic mass is 9.67. The Balaban J connectivity index is 1.94. The lowest BCUT2D eigenvalue weighted by Crippen LogP contribution is -2.39. The molecule has 2 aromatic heterocycles. The number of esters is 1. The number of nitrogens with zero attached hydrogens (tertiary/aromatic N) is 3. The molecule has 1 saturated heterocycles. The smallest absolute Gasteiger partial charge is 0.360 e. The van der Waals surface area contributed by atoms with Crippen molar-refractivity contribution in [1.82, 2.24) is 9.38 Å². The highest BCUT2D eigenvalue weighted by Gasteiger charge is 2.42. The molecule has 0 amide bonds. The minimum Gasteiger partial charge on any atom is -0.461 e. The maximum Gasteiger partial charge on any atom is 0.360 e. The summed E-state index contributed by atoms with van der Waals surface area (Å²) in [5.74, 6) is 0.552. The molecule has 0 saturated carbocycles. The van der Waals surface area contributed by atoms with Crippen LogP contribution in [-0.4, -0.2) is 48.3 Å². The topological polar surface area (TPSA) is 56.1 Å². The molecule has 148 valence electrons. The summed E-state index contributed by atoms with van der Waals surface area (Å²) in [5.41, 5.74) is 2.06. The number of rotatable bonds is 3. The average Bonchev–Trinajstić information content (AvgIpc) is 3.12. The number of hydrogen-bond donors (Lipinski definition) is 0. The van der Waals surface area contributed by atoms with Crippen LogP contribution < -0.4 is 4.90 Å². The summed E-state index contributed by atoms with van der Waals surface area (Å²) in [7, 11) is 0. The molecule has 6 nitrogen and oxygen atoms in total. The lowest BCUT2D eigenvalue weighted by Gasteiger charge is -2.40. The number of fused-ring (bicyclic) bond motifs is 3. The third-order valence-electron chi connectivity index (χ3n) is 5.51. The van der Waals surface area contributed by atoms with Gasteiger partial charge in [-0.05, 0) is 25.2 Å². The van der Waals surface area contributed by atoms with E-state index in [2.05, 4.69) is 37.0 Å². The molecule has 3 heterocycles. The van der Waals surface area contributed by atoms with Gasteiger partial charge in [-0.15, -0.1) is 11.3 Å². The van der Waals surface area contributed by atoms with Crippen LogP contribution in [0.4, 0.5) is 5.82 Å². The number of imidazole rings is 1. The van der Waals surface area contributed by atoms with E-state index < -0.39 is 0 Å². The van der Waals surface area contributed by atoms with Gasteiger partial charge in [-0.1, -0.05) is 27.7 Å². The fourth-order valence-electron chi connectivity index (χ4n) is 4.84. The molecular formula is C20H29N3O3S. The Morgan fingerprint density at radius 2 is 1.96 bits per heavy atom. The van der Waals surface area contributed by atoms with Gasteiger partial charge in [-0.25, -0.2) is 9.78 Å². The predicted molar refractivity (Wildman–Crippen MR) is 107 cm³/mol. The van der Waals surface area contributed by atoms with Crippen molar-refractivity contribution in [3.63, 3.8) is 0 Å². The minimum atomic E-state index is -0.335. The largest absolute Gasteiger partial charge is 0.461 e. The molecule has 0 spiro atoms. The second-order valence-corrected chi connectivity index (χ2v) is 9.98. The number of thiazole rings is 1. The third-order valence-corrected chi connectivity index (χ3v) is 6.96. The Morgan fingerprint density at radius 3 is 2.63 bits per heavy atom. The summed E-state index contributed by atoms with van der Waals surface area (Å²) in [5, 5.41) is 0. The zero-order valence-electron chi connectivity index (χ0n) is 16.9. The van der Waals surface area contributed by atoms with Crippen molar-refractivity contribution < 1.29 is 14.3 Å². The van der Waals surface area contributed by atoms with E-state index in [1.54, 1.807) is 11.3 Å². The molecule has 1 aliphatic carbocycles. The molecule has 0 radical (unpaired) electrons. The van der Waals surface area contributed by atoms with E-state index in [0.717, 1.165) is 36.7 Å². The Morgan fingerprint density at radius 1 is 1.26 bits per heavy atom. The molecule has 1 fully saturated rings. The molecule has 0 bridgehead atoms. The maximum absolute atomic E-state index is 12.6. The summed E-state index contributed by atoms with van der Waals surface area (Å²) < 4.78 is 13.1. The van der Waals surface area contributed by atoms with Crippen molar-refractivity contribution in [2.75, 3.05) is 37.8 Å². The summed E-state index contributed by atoms with van der Waals surface area (Å²) in [6.07, 6.45) is 2.13. The van der Waals surface area contributed by atoms with E-state index in [-0.39, 0.29) is 16.8 Å². The van der Waals surface area contributed by atoms with Crippen LogP contribution in [0.2, 0.25) is 0 Å². The number of morpholine rings is 1. The van der Waals surface area contributed by atoms with Gasteiger partial charge in [0.25, 0.3) is 0 Å². The molecule has 7 heteroatoms. The standard InChI is InChI=1S/C20H29N3O3S/c1-6-26-17(24)14-16(22-7-9-25-10-8-22)23-13-11-19(2,3)12-20(4,5)15(13)27-18(23)21-14/h6-12H2,1-5H3. The van der Waals surface area contributed by atoms with Crippen molar-refractivity contribution in [2.24, 2.45) is 5.41 Å². The molecule has 2 aromatic rings. The summed E-state index contributed by atoms with van der Waals surface area (Å²) in [4.78, 5) is 21.9. The Kier molecular flexibility index (Phi) is 4.50. The van der Waals surface area contributed by atoms with Gasteiger partial charge >= 0.3 is 5.97 Å². The maximum atomic E-state index is 12.6. The molecule has 27 heavy (non-hydrogen) atoms. The molecular weight excluding hydrogens is 362 g/mol. The number of carbonyl (C=O) groups is 1. The van der Waals surface area contributed by atoms with E-state index in [9.17, 15) is 4.79 Å². The first-order valence-electron chi connectivity index (χ1n) is 9.78. The van der Waals surface area contributed by atoms with E-state index in [4.69, 9.17) is 14.5 Å². The second kappa shape index (κ2) is 6.48. The normalized spacial score (nSPS) is 21.3. The highest BCUT2D eigenvalue weighted by molar-refractivity contribution is 7.17. The summed E-state index contributed by atoms with van der Waals surface area (Å²) in [6.45, 7) is 14.3. The fourth-order valence-corrected chi connectivity index (χ4v) is 6.08. The van der Waals surface area contributed by atoms with Crippen LogP contribution in [0.5, 0.6) is 0 Å². The van der Waals surface area contributed by atoms with Crippen LogP contribution in [0.1, 0.15) is 62.1 Å². The van der Waals surface area contributed by atoms with E-state index in [0.29, 0.717) is 25.5 Å². The first kappa shape index (κ1) is 18.7. The van der Waals surface area contributed by atoms with Crippen LogP contribution in [0.3, 0.4) is 0 Å². The van der Waals surface area contributed by atoms with Crippen LogP contribution in [0.15, 0.2) is 0 Å². The summed E-state index contributed by atoms with van der Waals surface area (Å²) >= 11 is 1.73. The lowest BCUT2D eigenvalue weighted by molar-refractivity contribution is 0.0520. The minimum absolute atomic E-state index is 0.106. The summed E-state index contributed by atoms with van der Waals surface area (Å²) in [6, 6.07) is 0. The average molecular weight is 392 g/mol. The van der Waals surface area contributed by atoms with Crippen molar-refractivity contribution in [3.8, 4) is 0 Å². The van der Waals surface area contributed by atoms with Gasteiger partial charge in [0.15, 0.2) is 10.7 Å². The van der Waals surface area contributed by atoms with Crippen LogP contribution in [-0.2, 0) is 21.3 Å². The van der Waals surface area contributed by atoms with E-state index in [1.165, 1.54) is 10.6 Å². The van der Waals surface area contributed by atoms with Gasteiger partial charge in [0.05, 0.1) is 19.8 Å². The monoisotopic (exact) mass is 391 g/mol. The number of aromatic nitrogens is 2. The molecule has 0 aromatic carbocycles. The number of ether oxygens (including phenoxy) is 2. The van der Waals surface area contributed by atoms with Crippen LogP contribution in [0, 0.1) is 5.41 Å². The van der Waals surface area contributed by atoms with Crippen molar-refractivity contribution in [3.05, 3.63) is 16.3 Å².